The third-order valence-corrected chi connectivity index (χ3v) is 3.39. The highest BCUT2D eigenvalue weighted by Gasteiger charge is 2.32. The minimum Gasteiger partial charge on any atom is -0.395 e. The van der Waals surface area contributed by atoms with E-state index in [1.54, 1.807) is 6.33 Å². The lowest BCUT2D eigenvalue weighted by Crippen LogP contribution is -2.31. The van der Waals surface area contributed by atoms with Gasteiger partial charge < -0.3 is 15.3 Å². The minimum atomic E-state index is 0.161. The van der Waals surface area contributed by atoms with E-state index in [2.05, 4.69) is 41.0 Å². The zero-order valence-electron chi connectivity index (χ0n) is 12.1. The maximum absolute atomic E-state index is 9.28. The van der Waals surface area contributed by atoms with Crippen LogP contribution in [0.5, 0.6) is 0 Å². The van der Waals surface area contributed by atoms with E-state index in [-0.39, 0.29) is 6.61 Å². The molecule has 2 rings (SSSR count). The molecule has 0 aliphatic heterocycles. The summed E-state index contributed by atoms with van der Waals surface area (Å²) < 4.78 is 0. The molecule has 1 aromatic heterocycles. The number of anilines is 2. The number of rotatable bonds is 7. The summed E-state index contributed by atoms with van der Waals surface area (Å²) in [6.45, 7) is 8.04. The SMILES string of the molecule is CCNc1ncnc(N(CCO)C2CC2)c1C(C)C. The molecule has 0 aromatic carbocycles. The summed E-state index contributed by atoms with van der Waals surface area (Å²) in [6, 6.07) is 0.536. The molecule has 2 N–H and O–H groups in total. The van der Waals surface area contributed by atoms with Crippen LogP contribution < -0.4 is 10.2 Å². The number of aliphatic hydroxyl groups is 1. The molecule has 0 amide bonds. The van der Waals surface area contributed by atoms with Gasteiger partial charge in [-0.15, -0.1) is 0 Å². The van der Waals surface area contributed by atoms with Crippen LogP contribution in [-0.4, -0.2) is 40.8 Å². The summed E-state index contributed by atoms with van der Waals surface area (Å²) in [7, 11) is 0. The van der Waals surface area contributed by atoms with Gasteiger partial charge in [-0.25, -0.2) is 9.97 Å². The van der Waals surface area contributed by atoms with Crippen LogP contribution in [-0.2, 0) is 0 Å². The Kier molecular flexibility index (Phi) is 4.58. The van der Waals surface area contributed by atoms with Crippen molar-refractivity contribution < 1.29 is 5.11 Å². The highest BCUT2D eigenvalue weighted by atomic mass is 16.3. The predicted molar refractivity (Wildman–Crippen MR) is 77.7 cm³/mol. The maximum atomic E-state index is 9.28. The first-order valence-electron chi connectivity index (χ1n) is 7.15. The van der Waals surface area contributed by atoms with Gasteiger partial charge in [0.15, 0.2) is 0 Å². The van der Waals surface area contributed by atoms with Crippen molar-refractivity contribution in [1.82, 2.24) is 9.97 Å². The maximum Gasteiger partial charge on any atom is 0.137 e. The lowest BCUT2D eigenvalue weighted by molar-refractivity contribution is 0.301. The van der Waals surface area contributed by atoms with Crippen LogP contribution in [0.1, 0.15) is 45.1 Å². The predicted octanol–water partition coefficient (Wildman–Crippen LogP) is 1.99. The van der Waals surface area contributed by atoms with Gasteiger partial charge in [-0.05, 0) is 25.7 Å². The Labute approximate surface area is 115 Å². The van der Waals surface area contributed by atoms with E-state index < -0.39 is 0 Å². The van der Waals surface area contributed by atoms with Crippen molar-refractivity contribution in [3.05, 3.63) is 11.9 Å². The Bertz CT molecular complexity index is 418. The number of nitrogens with zero attached hydrogens (tertiary/aromatic N) is 3. The second-order valence-electron chi connectivity index (χ2n) is 5.29. The van der Waals surface area contributed by atoms with Crippen molar-refractivity contribution in [1.29, 1.82) is 0 Å². The van der Waals surface area contributed by atoms with Crippen LogP contribution >= 0.6 is 0 Å². The van der Waals surface area contributed by atoms with Crippen molar-refractivity contribution in [3.8, 4) is 0 Å². The number of hydrogen-bond acceptors (Lipinski definition) is 5. The van der Waals surface area contributed by atoms with E-state index in [4.69, 9.17) is 0 Å². The van der Waals surface area contributed by atoms with E-state index >= 15 is 0 Å². The van der Waals surface area contributed by atoms with Gasteiger partial charge in [-0.3, -0.25) is 0 Å². The number of nitrogens with one attached hydrogen (secondary N) is 1. The summed E-state index contributed by atoms with van der Waals surface area (Å²) in [4.78, 5) is 11.1. The molecule has 1 saturated carbocycles. The van der Waals surface area contributed by atoms with Crippen molar-refractivity contribution in [3.63, 3.8) is 0 Å². The second kappa shape index (κ2) is 6.19. The Morgan fingerprint density at radius 1 is 1.42 bits per heavy atom. The summed E-state index contributed by atoms with van der Waals surface area (Å²) in [5, 5.41) is 12.6. The molecule has 0 bridgehead atoms. The van der Waals surface area contributed by atoms with Crippen molar-refractivity contribution >= 4 is 11.6 Å². The lowest BCUT2D eigenvalue weighted by atomic mass is 10.0. The Balaban J connectivity index is 2.39. The number of hydrogen-bond donors (Lipinski definition) is 2. The fourth-order valence-electron chi connectivity index (χ4n) is 2.41. The monoisotopic (exact) mass is 264 g/mol. The van der Waals surface area contributed by atoms with Gasteiger partial charge in [0.25, 0.3) is 0 Å². The Morgan fingerprint density at radius 2 is 2.16 bits per heavy atom. The molecule has 0 unspecified atom stereocenters. The van der Waals surface area contributed by atoms with E-state index in [0.29, 0.717) is 18.5 Å². The van der Waals surface area contributed by atoms with Gasteiger partial charge in [-0.1, -0.05) is 13.8 Å². The van der Waals surface area contributed by atoms with E-state index in [1.165, 1.54) is 12.8 Å². The lowest BCUT2D eigenvalue weighted by Gasteiger charge is -2.27. The summed E-state index contributed by atoms with van der Waals surface area (Å²) >= 11 is 0. The normalized spacial score (nSPS) is 14.8. The molecule has 1 aromatic rings. The van der Waals surface area contributed by atoms with Crippen molar-refractivity contribution in [2.75, 3.05) is 29.9 Å². The van der Waals surface area contributed by atoms with Gasteiger partial charge in [0.2, 0.25) is 0 Å². The van der Waals surface area contributed by atoms with Gasteiger partial charge in [0.05, 0.1) is 6.61 Å². The quantitative estimate of drug-likeness (QED) is 0.788. The van der Waals surface area contributed by atoms with E-state index in [9.17, 15) is 5.11 Å². The molecule has 1 aliphatic rings. The molecule has 1 fully saturated rings. The second-order valence-corrected chi connectivity index (χ2v) is 5.29. The first kappa shape index (κ1) is 14.1. The average Bonchev–Trinajstić information content (AvgIpc) is 3.20. The Morgan fingerprint density at radius 3 is 2.68 bits per heavy atom. The highest BCUT2D eigenvalue weighted by Crippen LogP contribution is 2.36. The zero-order valence-corrected chi connectivity index (χ0v) is 12.1. The fourth-order valence-corrected chi connectivity index (χ4v) is 2.41. The smallest absolute Gasteiger partial charge is 0.137 e. The van der Waals surface area contributed by atoms with Gasteiger partial charge in [0.1, 0.15) is 18.0 Å². The summed E-state index contributed by atoms with van der Waals surface area (Å²) in [5.74, 6) is 2.26. The molecule has 19 heavy (non-hydrogen) atoms. The van der Waals surface area contributed by atoms with Crippen LogP contribution in [0.15, 0.2) is 6.33 Å². The molecule has 0 spiro atoms. The van der Waals surface area contributed by atoms with Gasteiger partial charge in [0, 0.05) is 24.7 Å². The van der Waals surface area contributed by atoms with Gasteiger partial charge >= 0.3 is 0 Å². The largest absolute Gasteiger partial charge is 0.395 e. The molecule has 1 heterocycles. The molecule has 1 aliphatic carbocycles. The molecular weight excluding hydrogens is 240 g/mol. The van der Waals surface area contributed by atoms with Crippen LogP contribution in [0.2, 0.25) is 0 Å². The third kappa shape index (κ3) is 3.15. The first-order valence-corrected chi connectivity index (χ1v) is 7.15. The van der Waals surface area contributed by atoms with Crippen LogP contribution in [0.3, 0.4) is 0 Å². The zero-order chi connectivity index (χ0) is 13.8. The molecule has 106 valence electrons. The average molecular weight is 264 g/mol. The standard InChI is InChI=1S/C14H24N4O/c1-4-15-13-12(10(2)3)14(17-9-16-13)18(7-8-19)11-5-6-11/h9-11,19H,4-8H2,1-3H3,(H,15,16,17). The summed E-state index contributed by atoms with van der Waals surface area (Å²) in [6.07, 6.45) is 4.00. The molecule has 5 nitrogen and oxygen atoms in total. The third-order valence-electron chi connectivity index (χ3n) is 3.39. The minimum absolute atomic E-state index is 0.161. The number of aliphatic hydroxyl groups excluding tert-OH is 1. The van der Waals surface area contributed by atoms with E-state index in [1.807, 2.05) is 0 Å². The molecule has 5 heteroatoms. The molecular formula is C14H24N4O. The van der Waals surface area contributed by atoms with Crippen molar-refractivity contribution in [2.45, 2.75) is 45.6 Å². The van der Waals surface area contributed by atoms with Crippen LogP contribution in [0.4, 0.5) is 11.6 Å². The molecule has 0 atom stereocenters. The number of aromatic nitrogens is 2. The molecule has 0 saturated heterocycles. The topological polar surface area (TPSA) is 61.3 Å². The van der Waals surface area contributed by atoms with Gasteiger partial charge in [-0.2, -0.15) is 0 Å². The first-order chi connectivity index (χ1) is 9.19. The highest BCUT2D eigenvalue weighted by molar-refractivity contribution is 5.61. The Hall–Kier alpha value is -1.36. The van der Waals surface area contributed by atoms with Crippen molar-refractivity contribution in [2.24, 2.45) is 0 Å². The van der Waals surface area contributed by atoms with E-state index in [0.717, 1.165) is 23.7 Å². The van der Waals surface area contributed by atoms with Crippen LogP contribution in [0.25, 0.3) is 0 Å². The summed E-state index contributed by atoms with van der Waals surface area (Å²) in [5.41, 5.74) is 1.16. The van der Waals surface area contributed by atoms with Crippen LogP contribution in [0, 0.1) is 0 Å². The fraction of sp³-hybridized carbons (Fsp3) is 0.714. The molecule has 0 radical (unpaired) electrons.